The summed E-state index contributed by atoms with van der Waals surface area (Å²) in [5, 5.41) is 8.27. The second-order valence-corrected chi connectivity index (χ2v) is 8.55. The summed E-state index contributed by atoms with van der Waals surface area (Å²) in [6.07, 6.45) is 1.58. The quantitative estimate of drug-likeness (QED) is 0.712. The van der Waals surface area contributed by atoms with Crippen molar-refractivity contribution in [2.24, 2.45) is 0 Å². The van der Waals surface area contributed by atoms with Gasteiger partial charge in [0, 0.05) is 43.3 Å². The molecule has 2 aliphatic rings. The number of aromatic nitrogens is 2. The number of hydrogen-bond acceptors (Lipinski definition) is 7. The van der Waals surface area contributed by atoms with Crippen molar-refractivity contribution in [3.8, 4) is 11.5 Å². The number of nitrogens with one attached hydrogen (secondary N) is 1. The van der Waals surface area contributed by atoms with E-state index in [2.05, 4.69) is 15.3 Å². The van der Waals surface area contributed by atoms with E-state index in [-0.39, 0.29) is 4.90 Å². The number of benzene rings is 2. The minimum atomic E-state index is -3.86. The van der Waals surface area contributed by atoms with Gasteiger partial charge in [0.05, 0.1) is 16.6 Å². The van der Waals surface area contributed by atoms with E-state index in [1.165, 1.54) is 12.1 Å². The third-order valence-electron chi connectivity index (χ3n) is 5.04. The smallest absolute Gasteiger partial charge is 0.283 e. The fourth-order valence-corrected chi connectivity index (χ4v) is 4.86. The first-order chi connectivity index (χ1) is 13.6. The van der Waals surface area contributed by atoms with Crippen molar-refractivity contribution in [1.82, 2.24) is 14.5 Å². The van der Waals surface area contributed by atoms with E-state index >= 15 is 0 Å². The third-order valence-corrected chi connectivity index (χ3v) is 6.64. The molecule has 0 spiro atoms. The van der Waals surface area contributed by atoms with Crippen molar-refractivity contribution >= 4 is 26.6 Å². The van der Waals surface area contributed by atoms with Crippen LogP contribution in [0.1, 0.15) is 0 Å². The highest BCUT2D eigenvalue weighted by molar-refractivity contribution is 7.90. The molecule has 3 heterocycles. The average Bonchev–Trinajstić information content (AvgIpc) is 3.18. The van der Waals surface area contributed by atoms with Crippen LogP contribution in [0.4, 0.5) is 5.69 Å². The van der Waals surface area contributed by atoms with Crippen molar-refractivity contribution in [2.75, 3.05) is 44.3 Å². The molecule has 0 saturated carbocycles. The van der Waals surface area contributed by atoms with E-state index in [0.717, 1.165) is 41.3 Å². The molecule has 28 heavy (non-hydrogen) atoms. The van der Waals surface area contributed by atoms with Crippen molar-refractivity contribution in [2.45, 2.75) is 4.90 Å². The number of nitrogens with zero attached hydrogens (tertiary/aromatic N) is 3. The fourth-order valence-electron chi connectivity index (χ4n) is 3.58. The van der Waals surface area contributed by atoms with E-state index in [0.29, 0.717) is 30.2 Å². The van der Waals surface area contributed by atoms with Gasteiger partial charge >= 0.3 is 0 Å². The molecule has 8 nitrogen and oxygen atoms in total. The van der Waals surface area contributed by atoms with Crippen LogP contribution in [0.2, 0.25) is 0 Å². The standard InChI is InChI=1S/C19H20N4O4S/c24-28(25,16-3-4-18-19(12-16)27-10-9-26-18)23-17-11-15(2-1-14(17)13-21-23)22-7-5-20-6-8-22/h1-4,11-13,20H,5-10H2. The summed E-state index contributed by atoms with van der Waals surface area (Å²) in [5.41, 5.74) is 1.55. The van der Waals surface area contributed by atoms with Crippen LogP contribution in [-0.4, -0.2) is 57.0 Å². The lowest BCUT2D eigenvalue weighted by Crippen LogP contribution is -2.43. The molecule has 0 unspecified atom stereocenters. The summed E-state index contributed by atoms with van der Waals surface area (Å²) in [7, 11) is -3.86. The van der Waals surface area contributed by atoms with Crippen LogP contribution in [0.3, 0.4) is 0 Å². The number of anilines is 1. The Hall–Kier alpha value is -2.78. The topological polar surface area (TPSA) is 85.7 Å². The molecule has 0 radical (unpaired) electrons. The molecule has 0 aliphatic carbocycles. The van der Waals surface area contributed by atoms with E-state index in [9.17, 15) is 8.42 Å². The number of fused-ring (bicyclic) bond motifs is 2. The molecule has 0 atom stereocenters. The first kappa shape index (κ1) is 17.3. The zero-order valence-electron chi connectivity index (χ0n) is 15.2. The lowest BCUT2D eigenvalue weighted by atomic mass is 10.2. The molecular formula is C19H20N4O4S. The van der Waals surface area contributed by atoms with Gasteiger partial charge in [-0.2, -0.15) is 17.6 Å². The molecule has 0 bridgehead atoms. The molecule has 9 heteroatoms. The third kappa shape index (κ3) is 2.87. The van der Waals surface area contributed by atoms with Crippen LogP contribution in [-0.2, 0) is 10.0 Å². The van der Waals surface area contributed by atoms with Crippen LogP contribution in [0.5, 0.6) is 11.5 Å². The van der Waals surface area contributed by atoms with Crippen LogP contribution in [0.15, 0.2) is 47.5 Å². The number of rotatable bonds is 3. The maximum atomic E-state index is 13.3. The van der Waals surface area contributed by atoms with Crippen LogP contribution >= 0.6 is 0 Å². The second kappa shape index (κ2) is 6.68. The molecule has 5 rings (SSSR count). The summed E-state index contributed by atoms with van der Waals surface area (Å²) in [4.78, 5) is 2.36. The summed E-state index contributed by atoms with van der Waals surface area (Å²) >= 11 is 0. The van der Waals surface area contributed by atoms with Crippen molar-refractivity contribution < 1.29 is 17.9 Å². The largest absolute Gasteiger partial charge is 0.486 e. The van der Waals surface area contributed by atoms with E-state index in [1.807, 2.05) is 18.2 Å². The Morgan fingerprint density at radius 1 is 0.964 bits per heavy atom. The van der Waals surface area contributed by atoms with Crippen molar-refractivity contribution in [1.29, 1.82) is 0 Å². The van der Waals surface area contributed by atoms with Gasteiger partial charge in [-0.05, 0) is 30.3 Å². The monoisotopic (exact) mass is 400 g/mol. The summed E-state index contributed by atoms with van der Waals surface area (Å²) < 4.78 is 38.6. The molecular weight excluding hydrogens is 380 g/mol. The molecule has 2 aromatic carbocycles. The Morgan fingerprint density at radius 2 is 1.75 bits per heavy atom. The van der Waals surface area contributed by atoms with Gasteiger partial charge in [0.1, 0.15) is 13.2 Å². The van der Waals surface area contributed by atoms with E-state index in [1.54, 1.807) is 12.3 Å². The normalized spacial score (nSPS) is 17.1. The molecule has 146 valence electrons. The van der Waals surface area contributed by atoms with Crippen molar-refractivity contribution in [3.63, 3.8) is 0 Å². The Balaban J connectivity index is 1.57. The molecule has 1 saturated heterocycles. The number of hydrogen-bond donors (Lipinski definition) is 1. The van der Waals surface area contributed by atoms with Gasteiger partial charge in [0.15, 0.2) is 11.5 Å². The molecule has 1 aromatic heterocycles. The highest BCUT2D eigenvalue weighted by atomic mass is 32.2. The number of piperazine rings is 1. The van der Waals surface area contributed by atoms with Gasteiger partial charge in [-0.25, -0.2) is 0 Å². The van der Waals surface area contributed by atoms with Gasteiger partial charge in [-0.15, -0.1) is 0 Å². The molecule has 1 fully saturated rings. The maximum Gasteiger partial charge on any atom is 0.283 e. The minimum Gasteiger partial charge on any atom is -0.486 e. The highest BCUT2D eigenvalue weighted by Crippen LogP contribution is 2.33. The molecule has 2 aliphatic heterocycles. The second-order valence-electron chi connectivity index (χ2n) is 6.78. The van der Waals surface area contributed by atoms with Crippen molar-refractivity contribution in [3.05, 3.63) is 42.6 Å². The van der Waals surface area contributed by atoms with Crippen LogP contribution in [0.25, 0.3) is 10.9 Å². The molecule has 0 amide bonds. The van der Waals surface area contributed by atoms with E-state index < -0.39 is 10.0 Å². The van der Waals surface area contributed by atoms with Gasteiger partial charge < -0.3 is 19.7 Å². The first-order valence-corrected chi connectivity index (χ1v) is 10.7. The van der Waals surface area contributed by atoms with Gasteiger partial charge in [-0.1, -0.05) is 0 Å². The molecule has 3 aromatic rings. The number of ether oxygens (including phenoxy) is 2. The lowest BCUT2D eigenvalue weighted by molar-refractivity contribution is 0.171. The summed E-state index contributed by atoms with van der Waals surface area (Å²) in [6.45, 7) is 4.44. The predicted molar refractivity (Wildman–Crippen MR) is 105 cm³/mol. The average molecular weight is 400 g/mol. The van der Waals surface area contributed by atoms with E-state index in [4.69, 9.17) is 9.47 Å². The Bertz CT molecular complexity index is 1140. The lowest BCUT2D eigenvalue weighted by Gasteiger charge is -2.29. The Labute approximate surface area is 162 Å². The Morgan fingerprint density at radius 3 is 2.57 bits per heavy atom. The Kier molecular flexibility index (Phi) is 4.13. The zero-order chi connectivity index (χ0) is 19.1. The summed E-state index contributed by atoms with van der Waals surface area (Å²) in [5.74, 6) is 0.988. The predicted octanol–water partition coefficient (Wildman–Crippen LogP) is 1.45. The minimum absolute atomic E-state index is 0.120. The van der Waals surface area contributed by atoms with Gasteiger partial charge in [-0.3, -0.25) is 0 Å². The molecule has 1 N–H and O–H groups in total. The first-order valence-electron chi connectivity index (χ1n) is 9.22. The van der Waals surface area contributed by atoms with Crippen LogP contribution < -0.4 is 19.7 Å². The summed E-state index contributed by atoms with van der Waals surface area (Å²) in [6, 6.07) is 10.5. The fraction of sp³-hybridized carbons (Fsp3) is 0.316. The SMILES string of the molecule is O=S(=O)(c1ccc2c(c1)OCCO2)n1ncc2ccc(N3CCNCC3)cc21. The highest BCUT2D eigenvalue weighted by Gasteiger charge is 2.24. The zero-order valence-corrected chi connectivity index (χ0v) is 16.0. The van der Waals surface area contributed by atoms with Gasteiger partial charge in [0.2, 0.25) is 0 Å². The van der Waals surface area contributed by atoms with Gasteiger partial charge in [0.25, 0.3) is 10.0 Å². The maximum absolute atomic E-state index is 13.3. The van der Waals surface area contributed by atoms with Crippen LogP contribution in [0, 0.1) is 0 Å².